The number of ether oxygens (including phenoxy) is 2. The van der Waals surface area contributed by atoms with Gasteiger partial charge in [-0.25, -0.2) is 8.42 Å². The highest BCUT2D eigenvalue weighted by Crippen LogP contribution is 2.36. The Labute approximate surface area is 274 Å². The van der Waals surface area contributed by atoms with E-state index in [4.69, 9.17) is 21.1 Å². The van der Waals surface area contributed by atoms with Crippen LogP contribution in [0.15, 0.2) is 108 Å². The minimum Gasteiger partial charge on any atom is -0.486 e. The van der Waals surface area contributed by atoms with Gasteiger partial charge in [-0.05, 0) is 47.9 Å². The molecule has 46 heavy (non-hydrogen) atoms. The fraction of sp³-hybridized carbons (Fsp3) is 0.257. The molecule has 0 aliphatic carbocycles. The summed E-state index contributed by atoms with van der Waals surface area (Å²) in [6.07, 6.45) is 0.914. The largest absolute Gasteiger partial charge is 0.486 e. The Morgan fingerprint density at radius 2 is 1.52 bits per heavy atom. The number of anilines is 1. The van der Waals surface area contributed by atoms with Crippen molar-refractivity contribution >= 4 is 39.1 Å². The maximum absolute atomic E-state index is 14.6. The molecule has 2 amide bonds. The topological polar surface area (TPSA) is 105 Å². The first kappa shape index (κ1) is 32.8. The van der Waals surface area contributed by atoms with Crippen LogP contribution in [-0.2, 0) is 32.6 Å². The number of carbonyl (C=O) groups excluding carboxylic acids is 2. The molecular formula is C35H36ClN3O6S. The van der Waals surface area contributed by atoms with Gasteiger partial charge < -0.3 is 19.7 Å². The number of nitrogens with one attached hydrogen (secondary N) is 1. The van der Waals surface area contributed by atoms with Gasteiger partial charge in [-0.3, -0.25) is 13.9 Å². The molecule has 4 aromatic rings. The van der Waals surface area contributed by atoms with Crippen molar-refractivity contribution in [3.63, 3.8) is 0 Å². The average molecular weight is 662 g/mol. The molecule has 9 nitrogen and oxygen atoms in total. The van der Waals surface area contributed by atoms with E-state index in [-0.39, 0.29) is 29.5 Å². The van der Waals surface area contributed by atoms with E-state index in [1.807, 2.05) is 37.3 Å². The van der Waals surface area contributed by atoms with Crippen LogP contribution in [0.3, 0.4) is 0 Å². The molecule has 0 saturated carbocycles. The van der Waals surface area contributed by atoms with Crippen LogP contribution in [0.5, 0.6) is 11.5 Å². The number of carbonyl (C=O) groups is 2. The van der Waals surface area contributed by atoms with Crippen molar-refractivity contribution in [2.24, 2.45) is 0 Å². The Morgan fingerprint density at radius 3 is 2.22 bits per heavy atom. The van der Waals surface area contributed by atoms with E-state index in [2.05, 4.69) is 5.32 Å². The summed E-state index contributed by atoms with van der Waals surface area (Å²) in [7, 11) is -4.25. The van der Waals surface area contributed by atoms with Crippen molar-refractivity contribution in [3.8, 4) is 11.5 Å². The number of hydrogen-bond donors (Lipinski definition) is 1. The molecule has 1 N–H and O–H groups in total. The summed E-state index contributed by atoms with van der Waals surface area (Å²) in [6.45, 7) is 2.43. The number of sulfonamides is 1. The first-order valence-electron chi connectivity index (χ1n) is 15.1. The Kier molecular flexibility index (Phi) is 10.8. The van der Waals surface area contributed by atoms with Crippen LogP contribution in [0.2, 0.25) is 5.02 Å². The fourth-order valence-electron chi connectivity index (χ4n) is 5.17. The minimum absolute atomic E-state index is 0.0110. The van der Waals surface area contributed by atoms with Crippen molar-refractivity contribution in [1.29, 1.82) is 0 Å². The van der Waals surface area contributed by atoms with Crippen LogP contribution >= 0.6 is 11.6 Å². The molecule has 0 saturated heterocycles. The number of fused-ring (bicyclic) bond motifs is 1. The lowest BCUT2D eigenvalue weighted by Crippen LogP contribution is -2.53. The summed E-state index contributed by atoms with van der Waals surface area (Å²) in [4.78, 5) is 29.8. The smallest absolute Gasteiger partial charge is 0.264 e. The van der Waals surface area contributed by atoms with Gasteiger partial charge in [-0.15, -0.1) is 0 Å². The van der Waals surface area contributed by atoms with Crippen LogP contribution in [0.1, 0.15) is 24.5 Å². The predicted octanol–water partition coefficient (Wildman–Crippen LogP) is 5.47. The van der Waals surface area contributed by atoms with Crippen LogP contribution in [0.25, 0.3) is 0 Å². The van der Waals surface area contributed by atoms with E-state index < -0.39 is 28.5 Å². The number of benzene rings is 4. The van der Waals surface area contributed by atoms with E-state index in [1.165, 1.54) is 17.0 Å². The Balaban J connectivity index is 1.58. The third kappa shape index (κ3) is 7.81. The molecule has 11 heteroatoms. The van der Waals surface area contributed by atoms with E-state index in [0.29, 0.717) is 48.3 Å². The van der Waals surface area contributed by atoms with Crippen molar-refractivity contribution in [1.82, 2.24) is 10.2 Å². The van der Waals surface area contributed by atoms with Crippen LogP contribution in [-0.4, -0.2) is 57.5 Å². The second kappa shape index (κ2) is 15.2. The number of amides is 2. The maximum Gasteiger partial charge on any atom is 0.264 e. The van der Waals surface area contributed by atoms with Crippen LogP contribution < -0.4 is 19.1 Å². The Bertz CT molecular complexity index is 1750. The van der Waals surface area contributed by atoms with Gasteiger partial charge in [0.2, 0.25) is 11.8 Å². The summed E-state index contributed by atoms with van der Waals surface area (Å²) < 4.78 is 40.8. The van der Waals surface area contributed by atoms with E-state index >= 15 is 0 Å². The Hall–Kier alpha value is -4.54. The second-order valence-electron chi connectivity index (χ2n) is 10.8. The maximum atomic E-state index is 14.6. The minimum atomic E-state index is -4.25. The fourth-order valence-corrected chi connectivity index (χ4v) is 6.79. The third-order valence-corrected chi connectivity index (χ3v) is 9.70. The highest BCUT2D eigenvalue weighted by Gasteiger charge is 2.35. The third-order valence-electron chi connectivity index (χ3n) is 7.54. The molecule has 4 aromatic carbocycles. The normalized spacial score (nSPS) is 13.0. The molecule has 1 heterocycles. The van der Waals surface area contributed by atoms with Crippen LogP contribution in [0.4, 0.5) is 5.69 Å². The quantitative estimate of drug-likeness (QED) is 0.204. The number of halogens is 1. The molecule has 5 rings (SSSR count). The molecule has 240 valence electrons. The van der Waals surface area contributed by atoms with Gasteiger partial charge in [0.05, 0.1) is 10.6 Å². The molecule has 1 aliphatic heterocycles. The first-order valence-corrected chi connectivity index (χ1v) is 16.9. The lowest BCUT2D eigenvalue weighted by molar-refractivity contribution is -0.140. The van der Waals surface area contributed by atoms with Gasteiger partial charge in [-0.1, -0.05) is 85.3 Å². The molecule has 0 fully saturated rings. The SMILES string of the molecule is CCCNC(=O)[C@@H](Cc1ccccc1)N(Cc1ccccc1Cl)C(=O)CN(c1ccc2c(c1)OCCO2)S(=O)(=O)c1ccccc1. The Morgan fingerprint density at radius 1 is 0.870 bits per heavy atom. The second-order valence-corrected chi connectivity index (χ2v) is 13.0. The zero-order valence-corrected chi connectivity index (χ0v) is 27.0. The number of nitrogens with zero attached hydrogens (tertiary/aromatic N) is 2. The molecule has 1 aliphatic rings. The first-order chi connectivity index (χ1) is 22.3. The van der Waals surface area contributed by atoms with Crippen molar-refractivity contribution in [2.75, 3.05) is 30.6 Å². The monoisotopic (exact) mass is 661 g/mol. The average Bonchev–Trinajstić information content (AvgIpc) is 3.08. The molecule has 0 spiro atoms. The van der Waals surface area contributed by atoms with Crippen molar-refractivity contribution in [3.05, 3.63) is 119 Å². The van der Waals surface area contributed by atoms with Gasteiger partial charge in [0.1, 0.15) is 25.8 Å². The lowest BCUT2D eigenvalue weighted by Gasteiger charge is -2.34. The molecular weight excluding hydrogens is 626 g/mol. The van der Waals surface area contributed by atoms with Gasteiger partial charge in [0.25, 0.3) is 10.0 Å². The highest BCUT2D eigenvalue weighted by atomic mass is 35.5. The van der Waals surface area contributed by atoms with Crippen molar-refractivity contribution < 1.29 is 27.5 Å². The zero-order chi connectivity index (χ0) is 32.5. The summed E-state index contributed by atoms with van der Waals surface area (Å²) in [5.41, 5.74) is 1.68. The van der Waals surface area contributed by atoms with Gasteiger partial charge >= 0.3 is 0 Å². The zero-order valence-electron chi connectivity index (χ0n) is 25.5. The summed E-state index contributed by atoms with van der Waals surface area (Å²) >= 11 is 6.55. The van der Waals surface area contributed by atoms with Crippen LogP contribution in [0, 0.1) is 0 Å². The van der Waals surface area contributed by atoms with Gasteiger partial charge in [0, 0.05) is 30.6 Å². The number of hydrogen-bond acceptors (Lipinski definition) is 6. The van der Waals surface area contributed by atoms with Gasteiger partial charge in [0.15, 0.2) is 11.5 Å². The standard InChI is InChI=1S/C35H36ClN3O6S/c1-2-19-37-35(41)31(22-26-11-5-3-6-12-26)38(24-27-13-9-10-16-30(27)36)34(40)25-39(46(42,43)29-14-7-4-8-15-29)28-17-18-32-33(23-28)45-21-20-44-32/h3-18,23,31H,2,19-22,24-25H2,1H3,(H,37,41)/t31-/m1/s1. The molecule has 0 radical (unpaired) electrons. The molecule has 1 atom stereocenters. The van der Waals surface area contributed by atoms with E-state index in [1.54, 1.807) is 60.7 Å². The predicted molar refractivity (Wildman–Crippen MR) is 178 cm³/mol. The van der Waals surface area contributed by atoms with E-state index in [0.717, 1.165) is 9.87 Å². The van der Waals surface area contributed by atoms with E-state index in [9.17, 15) is 18.0 Å². The molecule has 0 aromatic heterocycles. The summed E-state index contributed by atoms with van der Waals surface area (Å²) in [5, 5.41) is 3.36. The summed E-state index contributed by atoms with van der Waals surface area (Å²) in [5.74, 6) is -0.0719. The molecule has 0 unspecified atom stereocenters. The highest BCUT2D eigenvalue weighted by molar-refractivity contribution is 7.92. The molecule has 0 bridgehead atoms. The lowest BCUT2D eigenvalue weighted by atomic mass is 10.0. The van der Waals surface area contributed by atoms with Gasteiger partial charge in [-0.2, -0.15) is 0 Å². The number of rotatable bonds is 13. The van der Waals surface area contributed by atoms with Crippen molar-refractivity contribution in [2.45, 2.75) is 37.2 Å². The summed E-state index contributed by atoms with van der Waals surface area (Å²) in [6, 6.07) is 28.2.